The molecule has 2 heterocycles. The van der Waals surface area contributed by atoms with E-state index in [1.54, 1.807) is 0 Å². The zero-order valence-electron chi connectivity index (χ0n) is 10.3. The minimum absolute atomic E-state index is 0.125. The highest BCUT2D eigenvalue weighted by molar-refractivity contribution is 5.80. The highest BCUT2D eigenvalue weighted by Crippen LogP contribution is 2.37. The molecule has 17 heavy (non-hydrogen) atoms. The van der Waals surface area contributed by atoms with Crippen molar-refractivity contribution >= 4 is 5.91 Å². The molecule has 0 unspecified atom stereocenters. The predicted molar refractivity (Wildman–Crippen MR) is 64.7 cm³/mol. The van der Waals surface area contributed by atoms with Gasteiger partial charge in [0, 0.05) is 12.5 Å². The van der Waals surface area contributed by atoms with Crippen molar-refractivity contribution in [3.8, 4) is 0 Å². The highest BCUT2D eigenvalue weighted by atomic mass is 16.5. The van der Waals surface area contributed by atoms with E-state index < -0.39 is 0 Å². The zero-order chi connectivity index (χ0) is 11.7. The first-order valence-electron chi connectivity index (χ1n) is 6.94. The Morgan fingerprint density at radius 3 is 2.71 bits per heavy atom. The fourth-order valence-electron chi connectivity index (χ4n) is 2.99. The van der Waals surface area contributed by atoms with Crippen LogP contribution in [0.2, 0.25) is 0 Å². The first-order valence-corrected chi connectivity index (χ1v) is 6.94. The van der Waals surface area contributed by atoms with E-state index in [-0.39, 0.29) is 17.6 Å². The fraction of sp³-hybridized carbons (Fsp3) is 0.923. The van der Waals surface area contributed by atoms with Gasteiger partial charge in [-0.15, -0.1) is 0 Å². The molecule has 3 rings (SSSR count). The lowest BCUT2D eigenvalue weighted by atomic mass is 9.89. The van der Waals surface area contributed by atoms with Crippen molar-refractivity contribution in [3.63, 3.8) is 0 Å². The van der Waals surface area contributed by atoms with Crippen LogP contribution in [0.1, 0.15) is 38.5 Å². The smallest absolute Gasteiger partial charge is 0.223 e. The van der Waals surface area contributed by atoms with Gasteiger partial charge in [-0.25, -0.2) is 0 Å². The van der Waals surface area contributed by atoms with Gasteiger partial charge in [0.2, 0.25) is 5.91 Å². The van der Waals surface area contributed by atoms with E-state index in [4.69, 9.17) is 4.74 Å². The van der Waals surface area contributed by atoms with Gasteiger partial charge >= 0.3 is 0 Å². The molecule has 0 aromatic carbocycles. The molecular weight excluding hydrogens is 216 g/mol. The first-order chi connectivity index (χ1) is 8.27. The second-order valence-corrected chi connectivity index (χ2v) is 5.73. The topological polar surface area (TPSA) is 50.4 Å². The number of carbonyl (C=O) groups excluding carboxylic acids is 1. The van der Waals surface area contributed by atoms with Crippen molar-refractivity contribution in [3.05, 3.63) is 0 Å². The molecule has 3 aliphatic rings. The van der Waals surface area contributed by atoms with Crippen molar-refractivity contribution in [1.29, 1.82) is 0 Å². The lowest BCUT2D eigenvalue weighted by Crippen LogP contribution is -2.43. The standard InChI is InChI=1S/C13H22N2O2/c16-12(10-1-2-10)15-9-11-3-4-13(17-11)5-7-14-8-6-13/h10-11,14H,1-9H2,(H,15,16)/t11-/m0/s1. The number of carbonyl (C=O) groups is 1. The molecule has 2 saturated heterocycles. The van der Waals surface area contributed by atoms with Crippen LogP contribution in [0.25, 0.3) is 0 Å². The number of hydrogen-bond donors (Lipinski definition) is 2. The molecule has 0 bridgehead atoms. The SMILES string of the molecule is O=C(NC[C@@H]1CCC2(CCNCC2)O1)C1CC1. The zero-order valence-corrected chi connectivity index (χ0v) is 10.3. The Labute approximate surface area is 102 Å². The van der Waals surface area contributed by atoms with E-state index in [0.29, 0.717) is 12.5 Å². The summed E-state index contributed by atoms with van der Waals surface area (Å²) in [5.74, 6) is 0.545. The highest BCUT2D eigenvalue weighted by Gasteiger charge is 2.41. The Kier molecular flexibility index (Phi) is 3.09. The second-order valence-electron chi connectivity index (χ2n) is 5.73. The third-order valence-electron chi connectivity index (χ3n) is 4.31. The first kappa shape index (κ1) is 11.5. The molecule has 3 fully saturated rings. The maximum atomic E-state index is 11.6. The number of nitrogens with one attached hydrogen (secondary N) is 2. The van der Waals surface area contributed by atoms with Crippen LogP contribution in [0.5, 0.6) is 0 Å². The summed E-state index contributed by atoms with van der Waals surface area (Å²) in [7, 11) is 0. The van der Waals surface area contributed by atoms with Gasteiger partial charge in [-0.1, -0.05) is 0 Å². The summed E-state index contributed by atoms with van der Waals surface area (Å²) in [6.07, 6.45) is 6.92. The maximum Gasteiger partial charge on any atom is 0.223 e. The Bertz CT molecular complexity index is 296. The monoisotopic (exact) mass is 238 g/mol. The summed E-state index contributed by atoms with van der Waals surface area (Å²) in [4.78, 5) is 11.6. The number of hydrogen-bond acceptors (Lipinski definition) is 3. The molecule has 2 aliphatic heterocycles. The Hall–Kier alpha value is -0.610. The number of rotatable bonds is 3. The third-order valence-corrected chi connectivity index (χ3v) is 4.31. The Balaban J connectivity index is 1.44. The van der Waals surface area contributed by atoms with Crippen molar-refractivity contribution in [2.24, 2.45) is 5.92 Å². The largest absolute Gasteiger partial charge is 0.370 e. The molecular formula is C13H22N2O2. The van der Waals surface area contributed by atoms with Crippen molar-refractivity contribution in [2.75, 3.05) is 19.6 Å². The average Bonchev–Trinajstić information content (AvgIpc) is 3.13. The molecule has 96 valence electrons. The van der Waals surface area contributed by atoms with Gasteiger partial charge in [0.15, 0.2) is 0 Å². The minimum Gasteiger partial charge on any atom is -0.370 e. The van der Waals surface area contributed by atoms with Crippen molar-refractivity contribution in [1.82, 2.24) is 10.6 Å². The molecule has 1 atom stereocenters. The summed E-state index contributed by atoms with van der Waals surface area (Å²) < 4.78 is 6.19. The summed E-state index contributed by atoms with van der Waals surface area (Å²) in [5, 5.41) is 6.40. The van der Waals surface area contributed by atoms with Gasteiger partial charge in [-0.3, -0.25) is 4.79 Å². The van der Waals surface area contributed by atoms with Crippen LogP contribution in [-0.2, 0) is 9.53 Å². The third kappa shape index (κ3) is 2.63. The Morgan fingerprint density at radius 1 is 1.24 bits per heavy atom. The Morgan fingerprint density at radius 2 is 2.00 bits per heavy atom. The van der Waals surface area contributed by atoms with Crippen LogP contribution in [-0.4, -0.2) is 37.2 Å². The molecule has 1 aliphatic carbocycles. The van der Waals surface area contributed by atoms with E-state index in [1.165, 1.54) is 6.42 Å². The van der Waals surface area contributed by atoms with Gasteiger partial charge in [0.05, 0.1) is 11.7 Å². The molecule has 1 saturated carbocycles. The lowest BCUT2D eigenvalue weighted by Gasteiger charge is -2.33. The van der Waals surface area contributed by atoms with E-state index in [2.05, 4.69) is 10.6 Å². The van der Waals surface area contributed by atoms with Gasteiger partial charge in [0.1, 0.15) is 0 Å². The van der Waals surface area contributed by atoms with Crippen LogP contribution in [0.15, 0.2) is 0 Å². The molecule has 0 radical (unpaired) electrons. The molecule has 4 nitrogen and oxygen atoms in total. The van der Waals surface area contributed by atoms with Crippen molar-refractivity contribution in [2.45, 2.75) is 50.2 Å². The minimum atomic E-state index is 0.125. The van der Waals surface area contributed by atoms with Crippen LogP contribution >= 0.6 is 0 Å². The summed E-state index contributed by atoms with van der Waals surface area (Å²) in [6, 6.07) is 0. The van der Waals surface area contributed by atoms with Gasteiger partial charge in [0.25, 0.3) is 0 Å². The molecule has 1 amide bonds. The lowest BCUT2D eigenvalue weighted by molar-refractivity contribution is -0.123. The van der Waals surface area contributed by atoms with Crippen LogP contribution in [0, 0.1) is 5.92 Å². The van der Waals surface area contributed by atoms with E-state index in [9.17, 15) is 4.79 Å². The number of piperidine rings is 1. The van der Waals surface area contributed by atoms with Crippen molar-refractivity contribution < 1.29 is 9.53 Å². The normalized spacial score (nSPS) is 31.6. The molecule has 0 aromatic rings. The summed E-state index contributed by atoms with van der Waals surface area (Å²) in [6.45, 7) is 2.85. The summed E-state index contributed by atoms with van der Waals surface area (Å²) in [5.41, 5.74) is 0.125. The van der Waals surface area contributed by atoms with Gasteiger partial charge < -0.3 is 15.4 Å². The molecule has 0 aromatic heterocycles. The maximum absolute atomic E-state index is 11.6. The quantitative estimate of drug-likeness (QED) is 0.765. The molecule has 1 spiro atoms. The summed E-state index contributed by atoms with van der Waals surface area (Å²) >= 11 is 0. The fourth-order valence-corrected chi connectivity index (χ4v) is 2.99. The molecule has 2 N–H and O–H groups in total. The van der Waals surface area contributed by atoms with E-state index in [1.807, 2.05) is 0 Å². The second kappa shape index (κ2) is 4.58. The average molecular weight is 238 g/mol. The number of amides is 1. The van der Waals surface area contributed by atoms with E-state index >= 15 is 0 Å². The molecule has 4 heteroatoms. The van der Waals surface area contributed by atoms with Crippen LogP contribution in [0.4, 0.5) is 0 Å². The van der Waals surface area contributed by atoms with Crippen LogP contribution < -0.4 is 10.6 Å². The predicted octanol–water partition coefficient (Wildman–Crippen LogP) is 0.814. The van der Waals surface area contributed by atoms with Gasteiger partial charge in [-0.05, 0) is 51.6 Å². The van der Waals surface area contributed by atoms with E-state index in [0.717, 1.165) is 45.2 Å². The van der Waals surface area contributed by atoms with Crippen LogP contribution in [0.3, 0.4) is 0 Å². The number of ether oxygens (including phenoxy) is 1. The van der Waals surface area contributed by atoms with Gasteiger partial charge in [-0.2, -0.15) is 0 Å².